The normalized spacial score (nSPS) is 19.8. The molecular weight excluding hydrogens is 400 g/mol. The van der Waals surface area contributed by atoms with Gasteiger partial charge < -0.3 is 19.9 Å². The number of hydrogen-bond donors (Lipinski definition) is 2. The summed E-state index contributed by atoms with van der Waals surface area (Å²) in [5.41, 5.74) is 2.20. The molecule has 150 valence electrons. The van der Waals surface area contributed by atoms with Crippen molar-refractivity contribution in [3.63, 3.8) is 0 Å². The lowest BCUT2D eigenvalue weighted by Gasteiger charge is -2.40. The fourth-order valence-electron chi connectivity index (χ4n) is 4.42. The van der Waals surface area contributed by atoms with Crippen LogP contribution in [0.15, 0.2) is 10.9 Å². The van der Waals surface area contributed by atoms with Gasteiger partial charge in [0.1, 0.15) is 11.4 Å². The van der Waals surface area contributed by atoms with Crippen molar-refractivity contribution in [2.45, 2.75) is 44.9 Å². The summed E-state index contributed by atoms with van der Waals surface area (Å²) in [5.74, 6) is 0.568. The van der Waals surface area contributed by atoms with Crippen LogP contribution in [0.2, 0.25) is 0 Å². The van der Waals surface area contributed by atoms with Crippen LogP contribution >= 0.6 is 23.7 Å². The van der Waals surface area contributed by atoms with Crippen LogP contribution in [0.1, 0.15) is 50.0 Å². The number of hydrogen-bond acceptors (Lipinski definition) is 6. The van der Waals surface area contributed by atoms with E-state index in [-0.39, 0.29) is 29.5 Å². The molecule has 0 aliphatic carbocycles. The summed E-state index contributed by atoms with van der Waals surface area (Å²) in [6.07, 6.45) is 2.75. The summed E-state index contributed by atoms with van der Waals surface area (Å²) in [5, 5.41) is 3.39. The molecule has 1 spiro atoms. The molecule has 1 saturated heterocycles. The van der Waals surface area contributed by atoms with Gasteiger partial charge in [-0.3, -0.25) is 9.59 Å². The van der Waals surface area contributed by atoms with E-state index in [1.807, 2.05) is 6.07 Å². The molecule has 3 aliphatic rings. The maximum Gasteiger partial charge on any atom is 0.264 e. The van der Waals surface area contributed by atoms with E-state index >= 15 is 0 Å². The molecule has 1 amide bonds. The first-order valence-corrected chi connectivity index (χ1v) is 10.2. The third kappa shape index (κ3) is 3.08. The largest absolute Gasteiger partial charge is 0.369 e. The molecule has 2 aromatic heterocycles. The number of thiophene rings is 1. The van der Waals surface area contributed by atoms with Gasteiger partial charge in [-0.1, -0.05) is 0 Å². The molecule has 5 heterocycles. The van der Waals surface area contributed by atoms with E-state index in [2.05, 4.69) is 15.3 Å². The zero-order valence-corrected chi connectivity index (χ0v) is 17.3. The van der Waals surface area contributed by atoms with Crippen molar-refractivity contribution in [1.82, 2.24) is 20.2 Å². The van der Waals surface area contributed by atoms with E-state index in [1.165, 1.54) is 10.4 Å². The van der Waals surface area contributed by atoms with E-state index in [0.29, 0.717) is 36.8 Å². The van der Waals surface area contributed by atoms with Crippen molar-refractivity contribution in [3.8, 4) is 0 Å². The number of nitrogens with one attached hydrogen (secondary N) is 2. The molecule has 9 heteroatoms. The Morgan fingerprint density at radius 3 is 2.89 bits per heavy atom. The molecule has 0 radical (unpaired) electrons. The molecule has 0 saturated carbocycles. The molecule has 2 aromatic rings. The molecule has 28 heavy (non-hydrogen) atoms. The lowest BCUT2D eigenvalue weighted by Crippen LogP contribution is -2.43. The highest BCUT2D eigenvalue weighted by Crippen LogP contribution is 2.44. The third-order valence-electron chi connectivity index (χ3n) is 5.79. The van der Waals surface area contributed by atoms with Crippen LogP contribution in [-0.2, 0) is 29.8 Å². The minimum Gasteiger partial charge on any atom is -0.369 e. The summed E-state index contributed by atoms with van der Waals surface area (Å²) in [6.45, 7) is 5.08. The Bertz CT molecular complexity index is 980. The topological polar surface area (TPSA) is 87.3 Å². The molecule has 5 rings (SSSR count). The first-order valence-electron chi connectivity index (χ1n) is 9.41. The highest BCUT2D eigenvalue weighted by Gasteiger charge is 2.41. The number of rotatable bonds is 1. The molecule has 7 nitrogen and oxygen atoms in total. The molecule has 2 N–H and O–H groups in total. The van der Waals surface area contributed by atoms with Gasteiger partial charge in [0.25, 0.3) is 11.5 Å². The number of H-pyrrole nitrogens is 1. The van der Waals surface area contributed by atoms with E-state index in [9.17, 15) is 9.59 Å². The second-order valence-electron chi connectivity index (χ2n) is 7.55. The summed E-state index contributed by atoms with van der Waals surface area (Å²) < 4.78 is 6.22. The van der Waals surface area contributed by atoms with Gasteiger partial charge in [0.05, 0.1) is 35.8 Å². The highest BCUT2D eigenvalue weighted by atomic mass is 35.5. The Labute approximate surface area is 172 Å². The van der Waals surface area contributed by atoms with Gasteiger partial charge in [-0.05, 0) is 50.9 Å². The number of carbonyl (C=O) groups is 1. The average Bonchev–Trinajstić information content (AvgIpc) is 3.27. The van der Waals surface area contributed by atoms with Gasteiger partial charge in [0.2, 0.25) is 0 Å². The first kappa shape index (κ1) is 19.6. The number of amides is 1. The number of ether oxygens (including phenoxy) is 1. The van der Waals surface area contributed by atoms with Crippen molar-refractivity contribution in [2.24, 2.45) is 0 Å². The number of carbonyl (C=O) groups excluding carboxylic acids is 1. The predicted molar refractivity (Wildman–Crippen MR) is 108 cm³/mol. The van der Waals surface area contributed by atoms with Crippen molar-refractivity contribution in [1.29, 1.82) is 0 Å². The number of aromatic nitrogens is 2. The number of aryl methyl sites for hydroxylation is 1. The first-order chi connectivity index (χ1) is 13.1. The lowest BCUT2D eigenvalue weighted by molar-refractivity contribution is -0.0771. The van der Waals surface area contributed by atoms with Crippen LogP contribution < -0.4 is 10.9 Å². The third-order valence-corrected chi connectivity index (χ3v) is 7.14. The van der Waals surface area contributed by atoms with E-state index in [1.54, 1.807) is 23.2 Å². The van der Waals surface area contributed by atoms with Crippen LogP contribution in [0.4, 0.5) is 0 Å². The maximum absolute atomic E-state index is 13.1. The quantitative estimate of drug-likeness (QED) is 0.732. The second kappa shape index (κ2) is 7.26. The van der Waals surface area contributed by atoms with Gasteiger partial charge >= 0.3 is 0 Å². The zero-order valence-electron chi connectivity index (χ0n) is 15.7. The minimum atomic E-state index is -0.230. The number of nitrogens with zero attached hydrogens (tertiary/aromatic N) is 2. The Morgan fingerprint density at radius 2 is 2.11 bits per heavy atom. The molecule has 0 bridgehead atoms. The van der Waals surface area contributed by atoms with Crippen molar-refractivity contribution in [2.75, 3.05) is 19.7 Å². The molecular formula is C19H23ClN4O3S. The molecule has 3 aliphatic heterocycles. The van der Waals surface area contributed by atoms with Crippen molar-refractivity contribution in [3.05, 3.63) is 48.8 Å². The van der Waals surface area contributed by atoms with E-state index in [4.69, 9.17) is 4.74 Å². The highest BCUT2D eigenvalue weighted by molar-refractivity contribution is 7.14. The SMILES string of the molecule is Cc1nc2c(c(=O)[nH]1)CN(C(=O)c1cc3c(s1)C1(CCNCC1)OCC3)C2.Cl. The van der Waals surface area contributed by atoms with Crippen LogP contribution in [0.3, 0.4) is 0 Å². The number of piperidine rings is 1. The van der Waals surface area contributed by atoms with Gasteiger partial charge in [0.15, 0.2) is 0 Å². The molecule has 0 atom stereocenters. The van der Waals surface area contributed by atoms with Crippen molar-refractivity contribution < 1.29 is 9.53 Å². The van der Waals surface area contributed by atoms with E-state index < -0.39 is 0 Å². The Balaban J connectivity index is 0.00000192. The van der Waals surface area contributed by atoms with E-state index in [0.717, 1.165) is 37.2 Å². The Hall–Kier alpha value is -1.74. The van der Waals surface area contributed by atoms with Gasteiger partial charge in [-0.2, -0.15) is 0 Å². The summed E-state index contributed by atoms with van der Waals surface area (Å²) in [7, 11) is 0. The monoisotopic (exact) mass is 422 g/mol. The van der Waals surface area contributed by atoms with Gasteiger partial charge in [-0.25, -0.2) is 4.98 Å². The molecule has 1 fully saturated rings. The van der Waals surface area contributed by atoms with Crippen LogP contribution in [0, 0.1) is 6.92 Å². The Kier molecular flexibility index (Phi) is 5.07. The van der Waals surface area contributed by atoms with Crippen molar-refractivity contribution >= 4 is 29.7 Å². The van der Waals surface area contributed by atoms with Gasteiger partial charge in [0, 0.05) is 4.88 Å². The fourth-order valence-corrected chi connectivity index (χ4v) is 5.80. The number of halogens is 1. The van der Waals surface area contributed by atoms with Crippen LogP contribution in [0.5, 0.6) is 0 Å². The zero-order chi connectivity index (χ0) is 18.6. The van der Waals surface area contributed by atoms with Crippen LogP contribution in [0.25, 0.3) is 0 Å². The average molecular weight is 423 g/mol. The van der Waals surface area contributed by atoms with Crippen LogP contribution in [-0.4, -0.2) is 40.5 Å². The molecule has 0 unspecified atom stereocenters. The number of aromatic amines is 1. The smallest absolute Gasteiger partial charge is 0.264 e. The maximum atomic E-state index is 13.1. The second-order valence-corrected chi connectivity index (χ2v) is 8.60. The fraction of sp³-hybridized carbons (Fsp3) is 0.526. The number of fused-ring (bicyclic) bond motifs is 3. The summed E-state index contributed by atoms with van der Waals surface area (Å²) in [6, 6.07) is 2.04. The summed E-state index contributed by atoms with van der Waals surface area (Å²) >= 11 is 1.57. The van der Waals surface area contributed by atoms with Gasteiger partial charge in [-0.15, -0.1) is 23.7 Å². The lowest BCUT2D eigenvalue weighted by atomic mass is 9.86. The Morgan fingerprint density at radius 1 is 1.32 bits per heavy atom. The molecule has 0 aromatic carbocycles. The minimum absolute atomic E-state index is 0. The standard InChI is InChI=1S/C19H22N4O3S.ClH/c1-11-21-14-10-23(9-13(14)17(24)22-11)18(25)15-8-12-2-7-26-19(16(12)27-15)3-5-20-6-4-19;/h8,20H,2-7,9-10H2,1H3,(H,21,22,24);1H. The summed E-state index contributed by atoms with van der Waals surface area (Å²) in [4.78, 5) is 36.1. The predicted octanol–water partition coefficient (Wildman–Crippen LogP) is 1.87.